The number of hydrogen-bond acceptors (Lipinski definition) is 4. The smallest absolute Gasteiger partial charge is 0.255 e. The molecule has 0 radical (unpaired) electrons. The lowest BCUT2D eigenvalue weighted by Gasteiger charge is -2.15. The van der Waals surface area contributed by atoms with Crippen molar-refractivity contribution in [3.63, 3.8) is 0 Å². The molecule has 0 heterocycles. The molecule has 0 atom stereocenters. The van der Waals surface area contributed by atoms with Gasteiger partial charge in [0.1, 0.15) is 12.4 Å². The molecule has 0 aliphatic heterocycles. The number of rotatable bonds is 8. The first kappa shape index (κ1) is 19.1. The van der Waals surface area contributed by atoms with Gasteiger partial charge in [0.15, 0.2) is 11.5 Å². The van der Waals surface area contributed by atoms with E-state index in [9.17, 15) is 4.79 Å². The molecule has 1 amide bonds. The summed E-state index contributed by atoms with van der Waals surface area (Å²) in [5.74, 6) is 1.65. The number of carbonyl (C=O) groups excluding carboxylic acids is 1. The summed E-state index contributed by atoms with van der Waals surface area (Å²) in [7, 11) is 1.59. The maximum absolute atomic E-state index is 12.4. The van der Waals surface area contributed by atoms with Gasteiger partial charge in [0, 0.05) is 4.47 Å². The zero-order valence-corrected chi connectivity index (χ0v) is 16.1. The van der Waals surface area contributed by atoms with Crippen LogP contribution in [0.4, 0.5) is 0 Å². The van der Waals surface area contributed by atoms with Crippen molar-refractivity contribution in [3.8, 4) is 17.2 Å². The van der Waals surface area contributed by atoms with Crippen molar-refractivity contribution in [2.45, 2.75) is 20.0 Å². The molecule has 0 aromatic heterocycles. The number of ether oxygens (including phenoxy) is 3. The fourth-order valence-corrected chi connectivity index (χ4v) is 2.53. The van der Waals surface area contributed by atoms with E-state index in [-0.39, 0.29) is 12.0 Å². The van der Waals surface area contributed by atoms with Crippen LogP contribution in [0, 0.1) is 0 Å². The van der Waals surface area contributed by atoms with Crippen molar-refractivity contribution in [3.05, 3.63) is 52.5 Å². The minimum absolute atomic E-state index is 0.0188. The van der Waals surface area contributed by atoms with Gasteiger partial charge in [-0.05, 0) is 44.2 Å². The predicted molar refractivity (Wildman–Crippen MR) is 101 cm³/mol. The van der Waals surface area contributed by atoms with Crippen LogP contribution in [0.15, 0.2) is 46.9 Å². The zero-order valence-electron chi connectivity index (χ0n) is 14.5. The van der Waals surface area contributed by atoms with Gasteiger partial charge in [0.2, 0.25) is 0 Å². The van der Waals surface area contributed by atoms with Crippen molar-refractivity contribution in [2.24, 2.45) is 0 Å². The van der Waals surface area contributed by atoms with Crippen LogP contribution in [-0.2, 0) is 0 Å². The van der Waals surface area contributed by atoms with Gasteiger partial charge in [-0.15, -0.1) is 0 Å². The van der Waals surface area contributed by atoms with Crippen molar-refractivity contribution in [2.75, 3.05) is 20.3 Å². The number of carbonyl (C=O) groups is 1. The van der Waals surface area contributed by atoms with Gasteiger partial charge in [0.05, 0.1) is 25.3 Å². The summed E-state index contributed by atoms with van der Waals surface area (Å²) < 4.78 is 17.4. The zero-order chi connectivity index (χ0) is 18.2. The van der Waals surface area contributed by atoms with Crippen LogP contribution < -0.4 is 19.5 Å². The highest BCUT2D eigenvalue weighted by molar-refractivity contribution is 9.10. The second-order valence-corrected chi connectivity index (χ2v) is 6.48. The normalized spacial score (nSPS) is 10.4. The lowest BCUT2D eigenvalue weighted by atomic mass is 10.2. The summed E-state index contributed by atoms with van der Waals surface area (Å²) >= 11 is 3.40. The molecule has 0 bridgehead atoms. The van der Waals surface area contributed by atoms with Crippen molar-refractivity contribution < 1.29 is 19.0 Å². The third-order valence-corrected chi connectivity index (χ3v) is 3.76. The molecule has 0 aliphatic rings. The highest BCUT2D eigenvalue weighted by atomic mass is 79.9. The molecule has 5 nitrogen and oxygen atoms in total. The average Bonchev–Trinajstić information content (AvgIpc) is 2.58. The molecule has 0 spiro atoms. The molecule has 2 aromatic rings. The molecule has 0 saturated heterocycles. The van der Waals surface area contributed by atoms with Gasteiger partial charge in [-0.2, -0.15) is 0 Å². The Hall–Kier alpha value is -2.21. The first-order valence-corrected chi connectivity index (χ1v) is 8.80. The van der Waals surface area contributed by atoms with E-state index in [0.29, 0.717) is 36.0 Å². The molecule has 0 unspecified atom stereocenters. The number of hydrogen-bond donors (Lipinski definition) is 1. The predicted octanol–water partition coefficient (Wildman–Crippen LogP) is 4.05. The van der Waals surface area contributed by atoms with Crippen molar-refractivity contribution in [1.82, 2.24) is 5.32 Å². The van der Waals surface area contributed by atoms with E-state index in [2.05, 4.69) is 21.2 Å². The molecule has 2 aromatic carbocycles. The first-order chi connectivity index (χ1) is 12.0. The van der Waals surface area contributed by atoms with Gasteiger partial charge in [0.25, 0.3) is 5.91 Å². The van der Waals surface area contributed by atoms with Crippen molar-refractivity contribution in [1.29, 1.82) is 0 Å². The van der Waals surface area contributed by atoms with E-state index in [1.54, 1.807) is 19.2 Å². The summed E-state index contributed by atoms with van der Waals surface area (Å²) in [4.78, 5) is 12.4. The van der Waals surface area contributed by atoms with Gasteiger partial charge in [-0.25, -0.2) is 0 Å². The van der Waals surface area contributed by atoms with Crippen LogP contribution in [0.5, 0.6) is 17.2 Å². The molecule has 0 fully saturated rings. The Morgan fingerprint density at radius 1 is 1.12 bits per heavy atom. The lowest BCUT2D eigenvalue weighted by Crippen LogP contribution is -2.28. The quantitative estimate of drug-likeness (QED) is 0.670. The molecule has 134 valence electrons. The fraction of sp³-hybridized carbons (Fsp3) is 0.316. The molecule has 25 heavy (non-hydrogen) atoms. The third-order valence-electron chi connectivity index (χ3n) is 3.27. The minimum Gasteiger partial charge on any atom is -0.493 e. The van der Waals surface area contributed by atoms with E-state index >= 15 is 0 Å². The summed E-state index contributed by atoms with van der Waals surface area (Å²) in [6.07, 6.45) is -0.0188. The number of halogens is 1. The largest absolute Gasteiger partial charge is 0.493 e. The Labute approximate surface area is 156 Å². The standard InChI is InChI=1S/C19H22BrNO4/c1-13(2)25-18-12-14(20)8-9-15(18)19(22)21-10-11-24-17-7-5-4-6-16(17)23-3/h4-9,12-13H,10-11H2,1-3H3,(H,21,22). The molecule has 0 aliphatic carbocycles. The molecule has 6 heteroatoms. The summed E-state index contributed by atoms with van der Waals surface area (Å²) in [6, 6.07) is 12.7. The van der Waals surface area contributed by atoms with Gasteiger partial charge >= 0.3 is 0 Å². The third kappa shape index (κ3) is 5.67. The lowest BCUT2D eigenvalue weighted by molar-refractivity contribution is 0.0941. The summed E-state index contributed by atoms with van der Waals surface area (Å²) in [5.41, 5.74) is 0.495. The Morgan fingerprint density at radius 2 is 1.84 bits per heavy atom. The van der Waals surface area contributed by atoms with Crippen LogP contribution >= 0.6 is 15.9 Å². The molecular formula is C19H22BrNO4. The minimum atomic E-state index is -0.202. The van der Waals surface area contributed by atoms with E-state index in [4.69, 9.17) is 14.2 Å². The average molecular weight is 408 g/mol. The second-order valence-electron chi connectivity index (χ2n) is 5.56. The fourth-order valence-electron chi connectivity index (χ4n) is 2.19. The van der Waals surface area contributed by atoms with Gasteiger partial charge in [-0.1, -0.05) is 28.1 Å². The topological polar surface area (TPSA) is 56.8 Å². The van der Waals surface area contributed by atoms with Crippen molar-refractivity contribution >= 4 is 21.8 Å². The molecule has 1 N–H and O–H groups in total. The maximum atomic E-state index is 12.4. The Bertz CT molecular complexity index is 718. The molecular weight excluding hydrogens is 386 g/mol. The van der Waals surface area contributed by atoms with Crippen LogP contribution in [0.3, 0.4) is 0 Å². The number of amides is 1. The van der Waals surface area contributed by atoms with E-state index in [0.717, 1.165) is 4.47 Å². The summed E-state index contributed by atoms with van der Waals surface area (Å²) in [5, 5.41) is 2.84. The SMILES string of the molecule is COc1ccccc1OCCNC(=O)c1ccc(Br)cc1OC(C)C. The number of benzene rings is 2. The van der Waals surface area contributed by atoms with Crippen LogP contribution in [-0.4, -0.2) is 32.3 Å². The van der Waals surface area contributed by atoms with Crippen LogP contribution in [0.2, 0.25) is 0 Å². The first-order valence-electron chi connectivity index (χ1n) is 8.01. The monoisotopic (exact) mass is 407 g/mol. The highest BCUT2D eigenvalue weighted by Gasteiger charge is 2.14. The number of methoxy groups -OCH3 is 1. The highest BCUT2D eigenvalue weighted by Crippen LogP contribution is 2.26. The van der Waals surface area contributed by atoms with Crippen LogP contribution in [0.1, 0.15) is 24.2 Å². The van der Waals surface area contributed by atoms with Gasteiger partial charge < -0.3 is 19.5 Å². The Kier molecular flexibility index (Phi) is 7.13. The second kappa shape index (κ2) is 9.32. The summed E-state index contributed by atoms with van der Waals surface area (Å²) in [6.45, 7) is 4.55. The van der Waals surface area contributed by atoms with E-state index < -0.39 is 0 Å². The molecule has 0 saturated carbocycles. The van der Waals surface area contributed by atoms with E-state index in [1.807, 2.05) is 44.2 Å². The number of para-hydroxylation sites is 2. The maximum Gasteiger partial charge on any atom is 0.255 e. The Balaban J connectivity index is 1.92. The van der Waals surface area contributed by atoms with Gasteiger partial charge in [-0.3, -0.25) is 4.79 Å². The van der Waals surface area contributed by atoms with E-state index in [1.165, 1.54) is 0 Å². The van der Waals surface area contributed by atoms with Crippen LogP contribution in [0.25, 0.3) is 0 Å². The molecule has 2 rings (SSSR count). The number of nitrogens with one attached hydrogen (secondary N) is 1. The Morgan fingerprint density at radius 3 is 2.52 bits per heavy atom.